The Bertz CT molecular complexity index is 429. The number of benzene rings is 1. The summed E-state index contributed by atoms with van der Waals surface area (Å²) in [7, 11) is 0. The molecule has 0 aromatic heterocycles. The minimum absolute atomic E-state index is 0.0395. The molecule has 18 heavy (non-hydrogen) atoms. The Hall–Kier alpha value is -1.84. The topological polar surface area (TPSA) is 66.4 Å². The quantitative estimate of drug-likeness (QED) is 0.814. The Labute approximate surface area is 107 Å². The number of carbonyl (C=O) groups excluding carboxylic acids is 1. The summed E-state index contributed by atoms with van der Waals surface area (Å²) in [5.74, 6) is -1.40. The van der Waals surface area contributed by atoms with Crippen LogP contribution in [0.2, 0.25) is 0 Å². The van der Waals surface area contributed by atoms with E-state index in [2.05, 4.69) is 12.2 Å². The summed E-state index contributed by atoms with van der Waals surface area (Å²) in [6.45, 7) is 4.02. The zero-order valence-corrected chi connectivity index (χ0v) is 10.8. The Kier molecular flexibility index (Phi) is 5.36. The van der Waals surface area contributed by atoms with Gasteiger partial charge in [-0.05, 0) is 25.5 Å². The molecule has 0 heterocycles. The lowest BCUT2D eigenvalue weighted by molar-refractivity contribution is 0.0690. The normalized spacial score (nSPS) is 11.9. The zero-order chi connectivity index (χ0) is 13.5. The molecule has 0 saturated heterocycles. The van der Waals surface area contributed by atoms with Crippen molar-refractivity contribution in [2.24, 2.45) is 0 Å². The van der Waals surface area contributed by atoms with E-state index in [-0.39, 0.29) is 23.1 Å². The molecule has 0 bridgehead atoms. The maximum atomic E-state index is 12.0. The molecular formula is C14H19NO3. The number of carboxylic acid groups (broad SMARTS) is 1. The molecule has 0 spiro atoms. The van der Waals surface area contributed by atoms with Crippen LogP contribution in [-0.2, 0) is 0 Å². The van der Waals surface area contributed by atoms with E-state index in [0.717, 1.165) is 19.3 Å². The Morgan fingerprint density at radius 1 is 1.28 bits per heavy atom. The molecule has 1 unspecified atom stereocenters. The summed E-state index contributed by atoms with van der Waals surface area (Å²) in [5.41, 5.74) is 0.256. The lowest BCUT2D eigenvalue weighted by Gasteiger charge is -2.14. The number of amides is 1. The van der Waals surface area contributed by atoms with Crippen molar-refractivity contribution in [3.8, 4) is 0 Å². The molecule has 0 saturated carbocycles. The summed E-state index contributed by atoms with van der Waals surface area (Å²) in [5, 5.41) is 11.8. The van der Waals surface area contributed by atoms with Gasteiger partial charge in [0.15, 0.2) is 0 Å². The molecular weight excluding hydrogens is 230 g/mol. The van der Waals surface area contributed by atoms with Crippen LogP contribution in [0, 0.1) is 0 Å². The molecule has 0 fully saturated rings. The third-order valence-corrected chi connectivity index (χ3v) is 2.77. The minimum Gasteiger partial charge on any atom is -0.478 e. The standard InChI is InChI=1S/C14H19NO3/c1-3-4-7-10(2)15-13(16)11-8-5-6-9-12(11)14(17)18/h5-6,8-10H,3-4,7H2,1-2H3,(H,15,16)(H,17,18). The fourth-order valence-corrected chi connectivity index (χ4v) is 1.75. The van der Waals surface area contributed by atoms with Crippen molar-refractivity contribution < 1.29 is 14.7 Å². The Morgan fingerprint density at radius 3 is 2.44 bits per heavy atom. The molecule has 4 heteroatoms. The van der Waals surface area contributed by atoms with E-state index in [9.17, 15) is 9.59 Å². The highest BCUT2D eigenvalue weighted by Crippen LogP contribution is 2.09. The van der Waals surface area contributed by atoms with Gasteiger partial charge in [-0.25, -0.2) is 4.79 Å². The number of unbranched alkanes of at least 4 members (excludes halogenated alkanes) is 1. The summed E-state index contributed by atoms with van der Waals surface area (Å²) in [6.07, 6.45) is 3.02. The van der Waals surface area contributed by atoms with Crippen LogP contribution in [0.1, 0.15) is 53.8 Å². The van der Waals surface area contributed by atoms with Gasteiger partial charge in [0.2, 0.25) is 0 Å². The fourth-order valence-electron chi connectivity index (χ4n) is 1.75. The van der Waals surface area contributed by atoms with Gasteiger partial charge in [-0.3, -0.25) is 4.79 Å². The molecule has 1 aromatic carbocycles. The van der Waals surface area contributed by atoms with E-state index in [0.29, 0.717) is 0 Å². The predicted molar refractivity (Wildman–Crippen MR) is 69.9 cm³/mol. The highest BCUT2D eigenvalue weighted by Gasteiger charge is 2.16. The summed E-state index contributed by atoms with van der Waals surface area (Å²) in [6, 6.07) is 6.30. The largest absolute Gasteiger partial charge is 0.478 e. The van der Waals surface area contributed by atoms with Gasteiger partial charge in [-0.2, -0.15) is 0 Å². The van der Waals surface area contributed by atoms with Crippen LogP contribution in [0.5, 0.6) is 0 Å². The summed E-state index contributed by atoms with van der Waals surface area (Å²) in [4.78, 5) is 23.0. The van der Waals surface area contributed by atoms with E-state index in [1.165, 1.54) is 12.1 Å². The monoisotopic (exact) mass is 249 g/mol. The number of rotatable bonds is 6. The maximum absolute atomic E-state index is 12.0. The SMILES string of the molecule is CCCCC(C)NC(=O)c1ccccc1C(=O)O. The van der Waals surface area contributed by atoms with Crippen molar-refractivity contribution in [1.82, 2.24) is 5.32 Å². The fraction of sp³-hybridized carbons (Fsp3) is 0.429. The van der Waals surface area contributed by atoms with Crippen LogP contribution in [-0.4, -0.2) is 23.0 Å². The van der Waals surface area contributed by atoms with Crippen LogP contribution >= 0.6 is 0 Å². The van der Waals surface area contributed by atoms with Crippen LogP contribution < -0.4 is 5.32 Å². The maximum Gasteiger partial charge on any atom is 0.336 e. The van der Waals surface area contributed by atoms with Gasteiger partial charge in [0.25, 0.3) is 5.91 Å². The second-order valence-corrected chi connectivity index (χ2v) is 4.37. The minimum atomic E-state index is -1.08. The van der Waals surface area contributed by atoms with E-state index < -0.39 is 5.97 Å². The number of aromatic carboxylic acids is 1. The number of nitrogens with one attached hydrogen (secondary N) is 1. The van der Waals surface area contributed by atoms with Crippen molar-refractivity contribution in [2.45, 2.75) is 39.2 Å². The molecule has 0 aliphatic rings. The first-order chi connectivity index (χ1) is 8.56. The highest BCUT2D eigenvalue weighted by molar-refractivity contribution is 6.04. The van der Waals surface area contributed by atoms with Gasteiger partial charge in [-0.1, -0.05) is 31.9 Å². The van der Waals surface area contributed by atoms with Gasteiger partial charge < -0.3 is 10.4 Å². The molecule has 0 aliphatic heterocycles. The van der Waals surface area contributed by atoms with Crippen LogP contribution in [0.3, 0.4) is 0 Å². The van der Waals surface area contributed by atoms with Crippen molar-refractivity contribution in [3.63, 3.8) is 0 Å². The molecule has 0 radical (unpaired) electrons. The van der Waals surface area contributed by atoms with Crippen molar-refractivity contribution in [2.75, 3.05) is 0 Å². The summed E-state index contributed by atoms with van der Waals surface area (Å²) < 4.78 is 0. The Morgan fingerprint density at radius 2 is 1.89 bits per heavy atom. The number of carboxylic acids is 1. The third kappa shape index (κ3) is 3.87. The highest BCUT2D eigenvalue weighted by atomic mass is 16.4. The first kappa shape index (κ1) is 14.2. The lowest BCUT2D eigenvalue weighted by Crippen LogP contribution is -2.33. The molecule has 2 N–H and O–H groups in total. The van der Waals surface area contributed by atoms with Crippen LogP contribution in [0.15, 0.2) is 24.3 Å². The van der Waals surface area contributed by atoms with Crippen LogP contribution in [0.25, 0.3) is 0 Å². The van der Waals surface area contributed by atoms with E-state index in [4.69, 9.17) is 5.11 Å². The molecule has 1 rings (SSSR count). The predicted octanol–water partition coefficient (Wildman–Crippen LogP) is 2.69. The molecule has 1 amide bonds. The van der Waals surface area contributed by atoms with Crippen LogP contribution in [0.4, 0.5) is 0 Å². The molecule has 0 aliphatic carbocycles. The zero-order valence-electron chi connectivity index (χ0n) is 10.8. The van der Waals surface area contributed by atoms with Crippen molar-refractivity contribution >= 4 is 11.9 Å². The first-order valence-electron chi connectivity index (χ1n) is 6.19. The smallest absolute Gasteiger partial charge is 0.336 e. The van der Waals surface area contributed by atoms with Gasteiger partial charge in [0.1, 0.15) is 0 Å². The Balaban J connectivity index is 2.75. The average molecular weight is 249 g/mol. The molecule has 98 valence electrons. The van der Waals surface area contributed by atoms with Crippen molar-refractivity contribution in [1.29, 1.82) is 0 Å². The van der Waals surface area contributed by atoms with E-state index >= 15 is 0 Å². The number of carbonyl (C=O) groups is 2. The van der Waals surface area contributed by atoms with Crippen molar-refractivity contribution in [3.05, 3.63) is 35.4 Å². The van der Waals surface area contributed by atoms with E-state index in [1.54, 1.807) is 12.1 Å². The molecule has 4 nitrogen and oxygen atoms in total. The average Bonchev–Trinajstić information content (AvgIpc) is 2.36. The molecule has 1 atom stereocenters. The molecule has 1 aromatic rings. The van der Waals surface area contributed by atoms with Gasteiger partial charge in [-0.15, -0.1) is 0 Å². The van der Waals surface area contributed by atoms with Gasteiger partial charge in [0, 0.05) is 6.04 Å². The van der Waals surface area contributed by atoms with E-state index in [1.807, 2.05) is 6.92 Å². The lowest BCUT2D eigenvalue weighted by atomic mass is 10.1. The third-order valence-electron chi connectivity index (χ3n) is 2.77. The number of hydrogen-bond donors (Lipinski definition) is 2. The van der Waals surface area contributed by atoms with Gasteiger partial charge >= 0.3 is 5.97 Å². The van der Waals surface area contributed by atoms with Gasteiger partial charge in [0.05, 0.1) is 11.1 Å². The second kappa shape index (κ2) is 6.79. The summed E-state index contributed by atoms with van der Waals surface area (Å²) >= 11 is 0. The number of hydrogen-bond acceptors (Lipinski definition) is 2. The second-order valence-electron chi connectivity index (χ2n) is 4.37. The first-order valence-corrected chi connectivity index (χ1v) is 6.19.